The zero-order valence-electron chi connectivity index (χ0n) is 9.98. The van der Waals surface area contributed by atoms with Crippen LogP contribution in [0.15, 0.2) is 36.5 Å². The highest BCUT2D eigenvalue weighted by Gasteiger charge is 2.08. The molecule has 0 unspecified atom stereocenters. The molecule has 0 spiro atoms. The van der Waals surface area contributed by atoms with Gasteiger partial charge in [0.15, 0.2) is 0 Å². The van der Waals surface area contributed by atoms with E-state index in [1.54, 1.807) is 18.2 Å². The Labute approximate surface area is 114 Å². The molecule has 0 saturated heterocycles. The first-order valence-corrected chi connectivity index (χ1v) is 5.74. The highest BCUT2D eigenvalue weighted by Crippen LogP contribution is 2.27. The van der Waals surface area contributed by atoms with Gasteiger partial charge in [-0.05, 0) is 30.3 Å². The molecule has 0 aliphatic heterocycles. The average Bonchev–Trinajstić information content (AvgIpc) is 2.39. The number of hydrogen-bond acceptors (Lipinski definition) is 3. The molecule has 0 radical (unpaired) electrons. The second kappa shape index (κ2) is 5.67. The predicted octanol–water partition coefficient (Wildman–Crippen LogP) is 3.14. The van der Waals surface area contributed by atoms with Crippen LogP contribution in [0.3, 0.4) is 0 Å². The van der Waals surface area contributed by atoms with E-state index < -0.39 is 11.9 Å². The molecule has 1 amide bonds. The van der Waals surface area contributed by atoms with Gasteiger partial charge in [-0.3, -0.25) is 4.79 Å². The first-order valence-electron chi connectivity index (χ1n) is 5.36. The highest BCUT2D eigenvalue weighted by atomic mass is 35.5. The van der Waals surface area contributed by atoms with Crippen LogP contribution in [-0.4, -0.2) is 18.0 Å². The van der Waals surface area contributed by atoms with E-state index in [1.165, 1.54) is 13.2 Å². The summed E-state index contributed by atoms with van der Waals surface area (Å²) in [5, 5.41) is 3.02. The molecule has 6 heteroatoms. The lowest BCUT2D eigenvalue weighted by Gasteiger charge is -2.07. The minimum absolute atomic E-state index is 0.258. The van der Waals surface area contributed by atoms with Crippen LogP contribution in [0, 0.1) is 5.95 Å². The maximum atomic E-state index is 12.6. The number of methoxy groups -OCH3 is 1. The minimum atomic E-state index is -0.635. The summed E-state index contributed by atoms with van der Waals surface area (Å²) in [6, 6.07) is 7.33. The summed E-state index contributed by atoms with van der Waals surface area (Å²) in [5.74, 6) is -0.513. The van der Waals surface area contributed by atoms with Crippen LogP contribution < -0.4 is 10.1 Å². The van der Waals surface area contributed by atoms with Gasteiger partial charge in [0, 0.05) is 11.9 Å². The molecule has 98 valence electrons. The number of amides is 1. The molecule has 0 bridgehead atoms. The van der Waals surface area contributed by atoms with E-state index in [9.17, 15) is 9.18 Å². The van der Waals surface area contributed by atoms with Gasteiger partial charge in [0.05, 0.1) is 17.7 Å². The van der Waals surface area contributed by atoms with E-state index in [2.05, 4.69) is 10.3 Å². The van der Waals surface area contributed by atoms with Crippen molar-refractivity contribution in [2.24, 2.45) is 0 Å². The third-order valence-corrected chi connectivity index (χ3v) is 2.69. The largest absolute Gasteiger partial charge is 0.495 e. The van der Waals surface area contributed by atoms with Gasteiger partial charge < -0.3 is 10.1 Å². The summed E-state index contributed by atoms with van der Waals surface area (Å²) >= 11 is 5.94. The third kappa shape index (κ3) is 3.20. The maximum absolute atomic E-state index is 12.6. The monoisotopic (exact) mass is 280 g/mol. The van der Waals surface area contributed by atoms with E-state index in [4.69, 9.17) is 16.3 Å². The molecule has 1 aromatic carbocycles. The van der Waals surface area contributed by atoms with Crippen LogP contribution >= 0.6 is 11.6 Å². The third-order valence-electron chi connectivity index (χ3n) is 2.40. The first-order chi connectivity index (χ1) is 9.10. The SMILES string of the molecule is COc1ccc(NC(=O)c2ccc(F)nc2)cc1Cl. The number of pyridine rings is 1. The van der Waals surface area contributed by atoms with Gasteiger partial charge in [0.25, 0.3) is 5.91 Å². The van der Waals surface area contributed by atoms with Crippen molar-refractivity contribution in [1.29, 1.82) is 0 Å². The van der Waals surface area contributed by atoms with Gasteiger partial charge in [-0.15, -0.1) is 0 Å². The summed E-state index contributed by atoms with van der Waals surface area (Å²) in [7, 11) is 1.50. The molecular weight excluding hydrogens is 271 g/mol. The Kier molecular flexibility index (Phi) is 3.97. The lowest BCUT2D eigenvalue weighted by molar-refractivity contribution is 0.102. The van der Waals surface area contributed by atoms with Crippen LogP contribution in [0.1, 0.15) is 10.4 Å². The van der Waals surface area contributed by atoms with Crippen LogP contribution in [-0.2, 0) is 0 Å². The van der Waals surface area contributed by atoms with Gasteiger partial charge in [0.2, 0.25) is 5.95 Å². The fourth-order valence-corrected chi connectivity index (χ4v) is 1.72. The summed E-state index contributed by atoms with van der Waals surface area (Å²) in [4.78, 5) is 15.3. The van der Waals surface area contributed by atoms with Crippen molar-refractivity contribution in [2.75, 3.05) is 12.4 Å². The number of nitrogens with one attached hydrogen (secondary N) is 1. The van der Waals surface area contributed by atoms with Crippen LogP contribution in [0.2, 0.25) is 5.02 Å². The Morgan fingerprint density at radius 3 is 2.74 bits per heavy atom. The second-order valence-electron chi connectivity index (χ2n) is 3.67. The Bertz CT molecular complexity index is 602. The summed E-state index contributed by atoms with van der Waals surface area (Å²) in [6.07, 6.45) is 1.16. The molecular formula is C13H10ClFN2O2. The first kappa shape index (κ1) is 13.3. The van der Waals surface area contributed by atoms with E-state index in [1.807, 2.05) is 0 Å². The highest BCUT2D eigenvalue weighted by molar-refractivity contribution is 6.32. The van der Waals surface area contributed by atoms with Crippen molar-refractivity contribution in [2.45, 2.75) is 0 Å². The van der Waals surface area contributed by atoms with Crippen molar-refractivity contribution in [3.8, 4) is 5.75 Å². The van der Waals surface area contributed by atoms with E-state index >= 15 is 0 Å². The molecule has 0 aliphatic rings. The predicted molar refractivity (Wildman–Crippen MR) is 70.2 cm³/mol. The summed E-state index contributed by atoms with van der Waals surface area (Å²) in [6.45, 7) is 0. The maximum Gasteiger partial charge on any atom is 0.257 e. The molecule has 1 N–H and O–H groups in total. The molecule has 19 heavy (non-hydrogen) atoms. The van der Waals surface area contributed by atoms with Crippen molar-refractivity contribution in [3.63, 3.8) is 0 Å². The summed E-state index contributed by atoms with van der Waals surface area (Å²) < 4.78 is 17.6. The number of benzene rings is 1. The number of carbonyl (C=O) groups is 1. The lowest BCUT2D eigenvalue weighted by atomic mass is 10.2. The van der Waals surface area contributed by atoms with E-state index in [0.717, 1.165) is 12.3 Å². The number of anilines is 1. The van der Waals surface area contributed by atoms with Gasteiger partial charge in [-0.1, -0.05) is 11.6 Å². The smallest absolute Gasteiger partial charge is 0.257 e. The fourth-order valence-electron chi connectivity index (χ4n) is 1.46. The normalized spacial score (nSPS) is 10.1. The van der Waals surface area contributed by atoms with Gasteiger partial charge >= 0.3 is 0 Å². The molecule has 0 fully saturated rings. The van der Waals surface area contributed by atoms with Gasteiger partial charge in [0.1, 0.15) is 5.75 Å². The molecule has 2 rings (SSSR count). The number of halogens is 2. The quantitative estimate of drug-likeness (QED) is 0.879. The number of carbonyl (C=O) groups excluding carboxylic acids is 1. The average molecular weight is 281 g/mol. The summed E-state index contributed by atoms with van der Waals surface area (Å²) in [5.41, 5.74) is 0.772. The standard InChI is InChI=1S/C13H10ClFN2O2/c1-19-11-4-3-9(6-10(11)14)17-13(18)8-2-5-12(15)16-7-8/h2-7H,1H3,(H,17,18). The van der Waals surface area contributed by atoms with Gasteiger partial charge in [-0.2, -0.15) is 4.39 Å². The van der Waals surface area contributed by atoms with Crippen LogP contribution in [0.5, 0.6) is 5.75 Å². The second-order valence-corrected chi connectivity index (χ2v) is 4.08. The molecule has 0 saturated carbocycles. The number of rotatable bonds is 3. The number of aromatic nitrogens is 1. The Hall–Kier alpha value is -2.14. The molecule has 0 atom stereocenters. The number of ether oxygens (including phenoxy) is 1. The molecule has 0 aliphatic carbocycles. The van der Waals surface area contributed by atoms with Crippen molar-refractivity contribution >= 4 is 23.2 Å². The Morgan fingerprint density at radius 1 is 1.37 bits per heavy atom. The molecule has 1 heterocycles. The van der Waals surface area contributed by atoms with Crippen LogP contribution in [0.4, 0.5) is 10.1 Å². The Morgan fingerprint density at radius 2 is 2.16 bits per heavy atom. The number of hydrogen-bond donors (Lipinski definition) is 1. The molecule has 2 aromatic rings. The zero-order valence-corrected chi connectivity index (χ0v) is 10.7. The van der Waals surface area contributed by atoms with Crippen molar-refractivity contribution in [3.05, 3.63) is 53.1 Å². The minimum Gasteiger partial charge on any atom is -0.495 e. The lowest BCUT2D eigenvalue weighted by Crippen LogP contribution is -2.12. The topological polar surface area (TPSA) is 51.2 Å². The van der Waals surface area contributed by atoms with Crippen molar-refractivity contribution in [1.82, 2.24) is 4.98 Å². The van der Waals surface area contributed by atoms with E-state index in [0.29, 0.717) is 16.5 Å². The van der Waals surface area contributed by atoms with Crippen molar-refractivity contribution < 1.29 is 13.9 Å². The number of nitrogens with zero attached hydrogens (tertiary/aromatic N) is 1. The zero-order chi connectivity index (χ0) is 13.8. The Balaban J connectivity index is 2.14. The fraction of sp³-hybridized carbons (Fsp3) is 0.0769. The van der Waals surface area contributed by atoms with Gasteiger partial charge in [-0.25, -0.2) is 4.98 Å². The van der Waals surface area contributed by atoms with Crippen LogP contribution in [0.25, 0.3) is 0 Å². The molecule has 1 aromatic heterocycles. The molecule has 4 nitrogen and oxygen atoms in total. The van der Waals surface area contributed by atoms with E-state index in [-0.39, 0.29) is 5.56 Å².